The van der Waals surface area contributed by atoms with E-state index in [-0.39, 0.29) is 24.0 Å². The Bertz CT molecular complexity index is 388. The van der Waals surface area contributed by atoms with E-state index in [2.05, 4.69) is 26.1 Å². The first-order valence-corrected chi connectivity index (χ1v) is 9.31. The van der Waals surface area contributed by atoms with Crippen LogP contribution >= 0.6 is 0 Å². The number of amides is 2. The molecule has 3 N–H and O–H groups in total. The summed E-state index contributed by atoms with van der Waals surface area (Å²) in [5.41, 5.74) is 5.38. The van der Waals surface area contributed by atoms with E-state index < -0.39 is 0 Å². The highest BCUT2D eigenvalue weighted by Gasteiger charge is 2.26. The van der Waals surface area contributed by atoms with E-state index in [4.69, 9.17) is 10.5 Å². The lowest BCUT2D eigenvalue weighted by atomic mass is 10.0. The smallest absolute Gasteiger partial charge is 0.225 e. The van der Waals surface area contributed by atoms with Gasteiger partial charge in [0.05, 0.1) is 19.1 Å². The number of piperidine rings is 1. The van der Waals surface area contributed by atoms with Gasteiger partial charge in [0.2, 0.25) is 11.8 Å². The number of ether oxygens (including phenoxy) is 1. The van der Waals surface area contributed by atoms with Crippen LogP contribution in [0, 0.1) is 5.92 Å². The number of carbonyl (C=O) groups excluding carboxylic acids is 2. The molecule has 1 saturated heterocycles. The van der Waals surface area contributed by atoms with Gasteiger partial charge in [0.1, 0.15) is 0 Å². The molecule has 0 radical (unpaired) electrons. The highest BCUT2D eigenvalue weighted by molar-refractivity contribution is 5.77. The topological polar surface area (TPSA) is 84.7 Å². The summed E-state index contributed by atoms with van der Waals surface area (Å²) in [6.07, 6.45) is 5.02. The molecule has 0 aliphatic carbocycles. The molecule has 0 saturated carbocycles. The summed E-state index contributed by atoms with van der Waals surface area (Å²) in [6.45, 7) is 8.51. The molecule has 2 unspecified atom stereocenters. The largest absolute Gasteiger partial charge is 0.378 e. The van der Waals surface area contributed by atoms with Crippen molar-refractivity contribution >= 4 is 11.8 Å². The van der Waals surface area contributed by atoms with Crippen molar-refractivity contribution in [3.8, 4) is 0 Å². The normalized spacial score (nSPS) is 19.4. The number of likely N-dealkylation sites (tertiary alicyclic amines) is 1. The van der Waals surface area contributed by atoms with Crippen LogP contribution in [-0.2, 0) is 14.3 Å². The molecule has 1 heterocycles. The fraction of sp³-hybridized carbons (Fsp3) is 0.889. The zero-order valence-corrected chi connectivity index (χ0v) is 15.6. The van der Waals surface area contributed by atoms with E-state index in [0.717, 1.165) is 32.2 Å². The van der Waals surface area contributed by atoms with Crippen LogP contribution < -0.4 is 11.1 Å². The van der Waals surface area contributed by atoms with Crippen molar-refractivity contribution in [2.75, 3.05) is 26.2 Å². The van der Waals surface area contributed by atoms with Crippen LogP contribution in [0.3, 0.4) is 0 Å². The summed E-state index contributed by atoms with van der Waals surface area (Å²) >= 11 is 0. The Kier molecular flexibility index (Phi) is 9.95. The molecule has 0 bridgehead atoms. The average molecular weight is 341 g/mol. The number of nitrogens with two attached hydrogens (primary N) is 1. The lowest BCUT2D eigenvalue weighted by molar-refractivity contribution is -0.137. The van der Waals surface area contributed by atoms with Gasteiger partial charge in [0, 0.05) is 32.1 Å². The lowest BCUT2D eigenvalue weighted by Crippen LogP contribution is -2.49. The zero-order valence-electron chi connectivity index (χ0n) is 15.6. The van der Waals surface area contributed by atoms with Gasteiger partial charge >= 0.3 is 0 Å². The fourth-order valence-corrected chi connectivity index (χ4v) is 3.22. The van der Waals surface area contributed by atoms with Gasteiger partial charge in [-0.25, -0.2) is 0 Å². The molecule has 24 heavy (non-hydrogen) atoms. The van der Waals surface area contributed by atoms with Crippen LogP contribution in [0.25, 0.3) is 0 Å². The molecular weight excluding hydrogens is 306 g/mol. The van der Waals surface area contributed by atoms with Gasteiger partial charge in [-0.3, -0.25) is 9.59 Å². The second-order valence-electron chi connectivity index (χ2n) is 7.14. The first kappa shape index (κ1) is 20.9. The molecule has 2 atom stereocenters. The van der Waals surface area contributed by atoms with Gasteiger partial charge < -0.3 is 20.7 Å². The van der Waals surface area contributed by atoms with Crippen molar-refractivity contribution < 1.29 is 14.3 Å². The van der Waals surface area contributed by atoms with Crippen LogP contribution in [0.2, 0.25) is 0 Å². The van der Waals surface area contributed by atoms with Gasteiger partial charge in [0.25, 0.3) is 0 Å². The predicted octanol–water partition coefficient (Wildman–Crippen LogP) is 1.67. The highest BCUT2D eigenvalue weighted by Crippen LogP contribution is 2.18. The Morgan fingerprint density at radius 1 is 1.25 bits per heavy atom. The Balaban J connectivity index is 2.37. The summed E-state index contributed by atoms with van der Waals surface area (Å²) in [5.74, 6) is 0.685. The van der Waals surface area contributed by atoms with Crippen LogP contribution in [-0.4, -0.2) is 55.1 Å². The van der Waals surface area contributed by atoms with Crippen LogP contribution in [0.15, 0.2) is 0 Å². The average Bonchev–Trinajstić information content (AvgIpc) is 2.52. The maximum absolute atomic E-state index is 12.5. The monoisotopic (exact) mass is 341 g/mol. The number of hydrogen-bond donors (Lipinski definition) is 2. The van der Waals surface area contributed by atoms with E-state index in [1.165, 1.54) is 0 Å². The lowest BCUT2D eigenvalue weighted by Gasteiger charge is -2.36. The van der Waals surface area contributed by atoms with Gasteiger partial charge in [-0.15, -0.1) is 0 Å². The number of nitrogens with one attached hydrogen (secondary N) is 1. The SMILES string of the molecule is CC(C)CC(C)OCCC(=O)N1CCCCC1CNC(=O)CCN. The molecule has 6 nitrogen and oxygen atoms in total. The van der Waals surface area contributed by atoms with E-state index in [1.807, 2.05) is 4.90 Å². The molecule has 1 aliphatic heterocycles. The Labute approximate surface area is 146 Å². The van der Waals surface area contributed by atoms with Crippen molar-refractivity contribution in [1.82, 2.24) is 10.2 Å². The Morgan fingerprint density at radius 2 is 2.00 bits per heavy atom. The standard InChI is InChI=1S/C18H35N3O3/c1-14(2)12-15(3)24-11-8-18(23)21-10-5-4-6-16(21)13-20-17(22)7-9-19/h14-16H,4-13,19H2,1-3H3,(H,20,22). The van der Waals surface area contributed by atoms with Gasteiger partial charge in [-0.2, -0.15) is 0 Å². The van der Waals surface area contributed by atoms with Crippen molar-refractivity contribution in [2.24, 2.45) is 11.7 Å². The summed E-state index contributed by atoms with van der Waals surface area (Å²) in [7, 11) is 0. The van der Waals surface area contributed by atoms with E-state index in [9.17, 15) is 9.59 Å². The van der Waals surface area contributed by atoms with E-state index in [0.29, 0.717) is 38.5 Å². The minimum Gasteiger partial charge on any atom is -0.378 e. The summed E-state index contributed by atoms with van der Waals surface area (Å²) < 4.78 is 5.75. The maximum atomic E-state index is 12.5. The van der Waals surface area contributed by atoms with Crippen molar-refractivity contribution in [2.45, 2.75) is 71.4 Å². The number of hydrogen-bond acceptors (Lipinski definition) is 4. The third-order valence-electron chi connectivity index (χ3n) is 4.38. The van der Waals surface area contributed by atoms with Crippen LogP contribution in [0.4, 0.5) is 0 Å². The molecule has 0 aromatic rings. The first-order chi connectivity index (χ1) is 11.4. The van der Waals surface area contributed by atoms with Gasteiger partial charge in [0.15, 0.2) is 0 Å². The summed E-state index contributed by atoms with van der Waals surface area (Å²) in [4.78, 5) is 26.0. The van der Waals surface area contributed by atoms with Gasteiger partial charge in [-0.05, 0) is 38.5 Å². The van der Waals surface area contributed by atoms with Crippen LogP contribution in [0.1, 0.15) is 59.3 Å². The third-order valence-corrected chi connectivity index (χ3v) is 4.38. The predicted molar refractivity (Wildman–Crippen MR) is 95.5 cm³/mol. The van der Waals surface area contributed by atoms with E-state index >= 15 is 0 Å². The molecular formula is C18H35N3O3. The molecule has 6 heteroatoms. The zero-order chi connectivity index (χ0) is 17.9. The molecule has 1 fully saturated rings. The highest BCUT2D eigenvalue weighted by atomic mass is 16.5. The second-order valence-corrected chi connectivity index (χ2v) is 7.14. The number of rotatable bonds is 10. The van der Waals surface area contributed by atoms with Crippen molar-refractivity contribution in [3.63, 3.8) is 0 Å². The summed E-state index contributed by atoms with van der Waals surface area (Å²) in [5, 5.41) is 2.89. The van der Waals surface area contributed by atoms with Crippen molar-refractivity contribution in [3.05, 3.63) is 0 Å². The van der Waals surface area contributed by atoms with Crippen LogP contribution in [0.5, 0.6) is 0 Å². The number of nitrogens with zero attached hydrogens (tertiary/aromatic N) is 1. The molecule has 0 spiro atoms. The Hall–Kier alpha value is -1.14. The molecule has 140 valence electrons. The molecule has 2 amide bonds. The fourth-order valence-electron chi connectivity index (χ4n) is 3.22. The quantitative estimate of drug-likeness (QED) is 0.633. The molecule has 0 aromatic heterocycles. The second kappa shape index (κ2) is 11.4. The first-order valence-electron chi connectivity index (χ1n) is 9.31. The molecule has 1 aliphatic rings. The maximum Gasteiger partial charge on any atom is 0.225 e. The third kappa shape index (κ3) is 8.11. The molecule has 0 aromatic carbocycles. The minimum absolute atomic E-state index is 0.0404. The number of carbonyl (C=O) groups is 2. The van der Waals surface area contributed by atoms with Gasteiger partial charge in [-0.1, -0.05) is 13.8 Å². The minimum atomic E-state index is -0.0404. The molecule has 1 rings (SSSR count). The van der Waals surface area contributed by atoms with Crippen molar-refractivity contribution in [1.29, 1.82) is 0 Å². The summed E-state index contributed by atoms with van der Waals surface area (Å²) in [6, 6.07) is 0.0982. The van der Waals surface area contributed by atoms with E-state index in [1.54, 1.807) is 0 Å². The Morgan fingerprint density at radius 3 is 2.67 bits per heavy atom.